The van der Waals surface area contributed by atoms with Crippen LogP contribution in [0.5, 0.6) is 0 Å². The number of aromatic amines is 1. The molecule has 0 aromatic carbocycles. The highest BCUT2D eigenvalue weighted by Crippen LogP contribution is 2.66. The normalized spacial score (nSPS) is 30.5. The number of hydrogen-bond acceptors (Lipinski definition) is 10. The van der Waals surface area contributed by atoms with Crippen molar-refractivity contribution in [2.75, 3.05) is 6.61 Å². The number of hydrogen-bond donors (Lipinski definition) is 6. The zero-order valence-electron chi connectivity index (χ0n) is 15.0. The Morgan fingerprint density at radius 3 is 2.35 bits per heavy atom. The first kappa shape index (κ1) is 26.3. The van der Waals surface area contributed by atoms with Gasteiger partial charge in [-0.3, -0.25) is 18.9 Å². The largest absolute Gasteiger partial charge is 0.490 e. The Morgan fingerprint density at radius 2 is 1.84 bits per heavy atom. The van der Waals surface area contributed by atoms with Crippen molar-refractivity contribution in [1.82, 2.24) is 9.55 Å². The van der Waals surface area contributed by atoms with Crippen LogP contribution in [0.3, 0.4) is 0 Å². The Hall–Kier alpha value is -0.960. The van der Waals surface area contributed by atoms with Crippen LogP contribution in [0.4, 0.5) is 0 Å². The van der Waals surface area contributed by atoms with E-state index in [0.717, 1.165) is 22.9 Å². The van der Waals surface area contributed by atoms with E-state index in [1.54, 1.807) is 0 Å². The zero-order chi connectivity index (χ0) is 23.8. The molecule has 0 radical (unpaired) electrons. The Kier molecular flexibility index (Phi) is 7.73. The lowest BCUT2D eigenvalue weighted by Crippen LogP contribution is -2.44. The van der Waals surface area contributed by atoms with E-state index < -0.39 is 64.6 Å². The standard InChI is InChI=1S/C11H16ClN2O14P3/c1-2-11(5-25-30(21,22)28-31(23,24)27-29(18,19)20)8(16)7(12)9(26-11)14-4-3-6(15)13-10(14)17/h2-4,7-9,16H,1,5H2,(H,21,22)(H,23,24)(H,13,15,17)(H2,18,19,20)/t7-,8+,9?,11-/m1/s1. The zero-order valence-corrected chi connectivity index (χ0v) is 18.4. The number of aromatic nitrogens is 2. The van der Waals surface area contributed by atoms with Gasteiger partial charge < -0.3 is 29.4 Å². The molecule has 0 aliphatic carbocycles. The maximum absolute atomic E-state index is 12.0. The molecule has 0 bridgehead atoms. The number of rotatable bonds is 9. The minimum atomic E-state index is -5.76. The molecule has 0 amide bonds. The molecule has 1 aliphatic rings. The maximum Gasteiger partial charge on any atom is 0.490 e. The molecule has 1 aromatic heterocycles. The van der Waals surface area contributed by atoms with Crippen molar-refractivity contribution in [3.63, 3.8) is 0 Å². The van der Waals surface area contributed by atoms with E-state index in [1.807, 2.05) is 4.98 Å². The first-order valence-electron chi connectivity index (χ1n) is 7.74. The van der Waals surface area contributed by atoms with Gasteiger partial charge in [0.1, 0.15) is 17.1 Å². The summed E-state index contributed by atoms with van der Waals surface area (Å²) in [4.78, 5) is 60.8. The number of nitrogens with zero attached hydrogens (tertiary/aromatic N) is 1. The summed E-state index contributed by atoms with van der Waals surface area (Å²) in [6.07, 6.45) is -1.25. The van der Waals surface area contributed by atoms with Crippen molar-refractivity contribution in [2.45, 2.75) is 23.3 Å². The van der Waals surface area contributed by atoms with Gasteiger partial charge in [-0.15, -0.1) is 18.2 Å². The summed E-state index contributed by atoms with van der Waals surface area (Å²) in [5.74, 6) is 0. The molecule has 1 aliphatic heterocycles. The third-order valence-corrected chi connectivity index (χ3v) is 7.99. The number of nitrogens with one attached hydrogen (secondary N) is 1. The molecule has 2 rings (SSSR count). The minimum Gasteiger partial charge on any atom is -0.388 e. The van der Waals surface area contributed by atoms with Crippen LogP contribution in [0, 0.1) is 0 Å². The summed E-state index contributed by atoms with van der Waals surface area (Å²) in [5.41, 5.74) is -3.76. The fourth-order valence-electron chi connectivity index (χ4n) is 2.46. The van der Waals surface area contributed by atoms with E-state index in [4.69, 9.17) is 31.0 Å². The van der Waals surface area contributed by atoms with E-state index in [1.165, 1.54) is 0 Å². The Bertz CT molecular complexity index is 1100. The van der Waals surface area contributed by atoms with Gasteiger partial charge in [-0.25, -0.2) is 18.5 Å². The van der Waals surface area contributed by atoms with Gasteiger partial charge in [0.25, 0.3) is 5.56 Å². The topological polar surface area (TPSA) is 244 Å². The highest BCUT2D eigenvalue weighted by atomic mass is 35.5. The molecule has 31 heavy (non-hydrogen) atoms. The van der Waals surface area contributed by atoms with Gasteiger partial charge in [0, 0.05) is 12.3 Å². The van der Waals surface area contributed by atoms with Crippen LogP contribution in [-0.4, -0.2) is 57.9 Å². The first-order valence-corrected chi connectivity index (χ1v) is 12.7. The predicted molar refractivity (Wildman–Crippen MR) is 99.8 cm³/mol. The lowest BCUT2D eigenvalue weighted by atomic mass is 9.98. The third kappa shape index (κ3) is 6.53. The maximum atomic E-state index is 12.0. The number of alkyl halides is 1. The number of phosphoric ester groups is 1. The Labute approximate surface area is 177 Å². The first-order chi connectivity index (χ1) is 14.0. The second-order valence-corrected chi connectivity index (χ2v) is 10.9. The SMILES string of the molecule is C=C[C@]1(COP(=O)(O)OP(=O)(O)OP(=O)(O)O)OC(n2ccc(=O)[nH]c2=O)[C@H](Cl)[C@@H]1O. The summed E-state index contributed by atoms with van der Waals surface area (Å²) in [7, 11) is -16.9. The van der Waals surface area contributed by atoms with Gasteiger partial charge in [-0.1, -0.05) is 6.08 Å². The monoisotopic (exact) mass is 528 g/mol. The van der Waals surface area contributed by atoms with Gasteiger partial charge in [0.15, 0.2) is 6.23 Å². The van der Waals surface area contributed by atoms with Crippen LogP contribution < -0.4 is 11.2 Å². The van der Waals surface area contributed by atoms with Crippen molar-refractivity contribution in [3.8, 4) is 0 Å². The Morgan fingerprint density at radius 1 is 1.23 bits per heavy atom. The fourth-order valence-corrected chi connectivity index (χ4v) is 5.90. The molecular formula is C11H16ClN2O14P3. The van der Waals surface area contributed by atoms with Gasteiger partial charge in [-0.2, -0.15) is 8.62 Å². The van der Waals surface area contributed by atoms with Gasteiger partial charge >= 0.3 is 29.2 Å². The summed E-state index contributed by atoms with van der Waals surface area (Å²) in [6, 6.07) is 0.959. The number of ether oxygens (including phenoxy) is 1. The molecule has 3 unspecified atom stereocenters. The van der Waals surface area contributed by atoms with Crippen LogP contribution in [0.25, 0.3) is 0 Å². The van der Waals surface area contributed by atoms with Crippen LogP contribution in [0.1, 0.15) is 6.23 Å². The molecular weight excluding hydrogens is 512 g/mol. The summed E-state index contributed by atoms with van der Waals surface area (Å²) >= 11 is 6.08. The third-order valence-electron chi connectivity index (χ3n) is 3.75. The van der Waals surface area contributed by atoms with Crippen molar-refractivity contribution in [1.29, 1.82) is 0 Å². The molecule has 2 heterocycles. The number of phosphoric acid groups is 3. The van der Waals surface area contributed by atoms with E-state index in [2.05, 4.69) is 19.7 Å². The molecule has 1 fully saturated rings. The highest BCUT2D eigenvalue weighted by molar-refractivity contribution is 7.66. The molecule has 20 heteroatoms. The number of aliphatic hydroxyl groups is 1. The van der Waals surface area contributed by atoms with E-state index in [9.17, 15) is 33.3 Å². The van der Waals surface area contributed by atoms with E-state index in [0.29, 0.717) is 0 Å². The lowest BCUT2D eigenvalue weighted by Gasteiger charge is -2.29. The fraction of sp³-hybridized carbons (Fsp3) is 0.455. The average Bonchev–Trinajstić information content (AvgIpc) is 2.82. The summed E-state index contributed by atoms with van der Waals surface area (Å²) < 4.78 is 51.8. The molecule has 16 nitrogen and oxygen atoms in total. The quantitative estimate of drug-likeness (QED) is 0.132. The smallest absolute Gasteiger partial charge is 0.388 e. The Balaban J connectivity index is 2.22. The van der Waals surface area contributed by atoms with Crippen molar-refractivity contribution in [3.05, 3.63) is 45.8 Å². The van der Waals surface area contributed by atoms with Crippen LogP contribution in [0.2, 0.25) is 0 Å². The summed E-state index contributed by atoms with van der Waals surface area (Å²) in [6.45, 7) is 2.28. The molecule has 6 N–H and O–H groups in total. The number of halogens is 1. The van der Waals surface area contributed by atoms with Crippen molar-refractivity contribution in [2.24, 2.45) is 0 Å². The minimum absolute atomic E-state index is 0.728. The van der Waals surface area contributed by atoms with Crippen LogP contribution in [-0.2, 0) is 31.6 Å². The highest BCUT2D eigenvalue weighted by Gasteiger charge is 2.55. The molecule has 0 spiro atoms. The number of H-pyrrole nitrogens is 1. The van der Waals surface area contributed by atoms with Gasteiger partial charge in [-0.05, 0) is 0 Å². The lowest BCUT2D eigenvalue weighted by molar-refractivity contribution is -0.0955. The van der Waals surface area contributed by atoms with E-state index >= 15 is 0 Å². The predicted octanol–water partition coefficient (Wildman–Crippen LogP) is -0.698. The van der Waals surface area contributed by atoms with Crippen LogP contribution in [0.15, 0.2) is 34.5 Å². The summed E-state index contributed by atoms with van der Waals surface area (Å²) in [5, 5.41) is 9.04. The average molecular weight is 529 g/mol. The molecule has 1 aromatic rings. The molecule has 1 saturated heterocycles. The second-order valence-electron chi connectivity index (χ2n) is 5.94. The van der Waals surface area contributed by atoms with E-state index in [-0.39, 0.29) is 0 Å². The van der Waals surface area contributed by atoms with Crippen LogP contribution >= 0.6 is 35.1 Å². The van der Waals surface area contributed by atoms with Gasteiger partial charge in [0.2, 0.25) is 0 Å². The van der Waals surface area contributed by atoms with Crippen molar-refractivity contribution < 1.29 is 56.3 Å². The second kappa shape index (κ2) is 9.12. The molecule has 176 valence electrons. The number of aliphatic hydroxyl groups excluding tert-OH is 1. The molecule has 0 saturated carbocycles. The van der Waals surface area contributed by atoms with Crippen molar-refractivity contribution >= 4 is 35.1 Å². The van der Waals surface area contributed by atoms with Gasteiger partial charge in [0.05, 0.1) is 6.61 Å². The molecule has 6 atom stereocenters.